The molecule has 0 atom stereocenters. The van der Waals surface area contributed by atoms with Crippen molar-refractivity contribution in [3.63, 3.8) is 0 Å². The highest BCUT2D eigenvalue weighted by molar-refractivity contribution is 6.62. The summed E-state index contributed by atoms with van der Waals surface area (Å²) >= 11 is 0. The van der Waals surface area contributed by atoms with Gasteiger partial charge in [0.2, 0.25) is 0 Å². The fourth-order valence-corrected chi connectivity index (χ4v) is 1.61. The molecule has 1 aromatic rings. The van der Waals surface area contributed by atoms with Gasteiger partial charge in [0.25, 0.3) is 0 Å². The van der Waals surface area contributed by atoms with E-state index in [4.69, 9.17) is 4.74 Å². The van der Waals surface area contributed by atoms with Crippen molar-refractivity contribution < 1.29 is 9.53 Å². The van der Waals surface area contributed by atoms with Gasteiger partial charge in [-0.25, -0.2) is 0 Å². The van der Waals surface area contributed by atoms with E-state index < -0.39 is 0 Å². The number of ether oxygens (including phenoxy) is 1. The van der Waals surface area contributed by atoms with E-state index in [0.717, 1.165) is 18.3 Å². The average molecular weight is 187 g/mol. The molecule has 1 fully saturated rings. The summed E-state index contributed by atoms with van der Waals surface area (Å²) in [7, 11) is 3.46. The molecule has 0 unspecified atom stereocenters. The first-order valence-corrected chi connectivity index (χ1v) is 4.76. The minimum absolute atomic E-state index is 0.110. The largest absolute Gasteiger partial charge is 0.469 e. The van der Waals surface area contributed by atoms with E-state index in [0.29, 0.717) is 0 Å². The first-order valence-electron chi connectivity index (χ1n) is 4.76. The zero-order chi connectivity index (χ0) is 10.0. The van der Waals surface area contributed by atoms with Gasteiger partial charge in [-0.15, -0.1) is 0 Å². The third kappa shape index (κ3) is 1.67. The van der Waals surface area contributed by atoms with Crippen LogP contribution in [0.1, 0.15) is 12.8 Å². The number of carbonyl (C=O) groups excluding carboxylic acids is 1. The van der Waals surface area contributed by atoms with Crippen molar-refractivity contribution in [3.05, 3.63) is 30.3 Å². The van der Waals surface area contributed by atoms with Gasteiger partial charge in [-0.2, -0.15) is 0 Å². The molecule has 2 nitrogen and oxygen atoms in total. The lowest BCUT2D eigenvalue weighted by molar-refractivity contribution is -0.141. The van der Waals surface area contributed by atoms with Crippen LogP contribution in [0.5, 0.6) is 0 Å². The number of esters is 1. The molecule has 0 N–H and O–H groups in total. The monoisotopic (exact) mass is 187 g/mol. The van der Waals surface area contributed by atoms with Gasteiger partial charge in [0.05, 0.1) is 7.11 Å². The fraction of sp³-hybridized carbons (Fsp3) is 0.364. The Labute approximate surface area is 84.5 Å². The summed E-state index contributed by atoms with van der Waals surface area (Å²) < 4.78 is 4.78. The Kier molecular flexibility index (Phi) is 2.32. The molecule has 0 aliphatic heterocycles. The Morgan fingerprint density at radius 3 is 2.50 bits per heavy atom. The maximum atomic E-state index is 11.4. The Bertz CT molecular complexity index is 330. The van der Waals surface area contributed by atoms with Crippen LogP contribution >= 0.6 is 0 Å². The SMILES string of the molecule is COC(=O)C1([B]c2ccccc2)CC1. The highest BCUT2D eigenvalue weighted by Crippen LogP contribution is 2.53. The van der Waals surface area contributed by atoms with Crippen LogP contribution in [0, 0.1) is 0 Å². The predicted octanol–water partition coefficient (Wildman–Crippen LogP) is 1.14. The fourth-order valence-electron chi connectivity index (χ4n) is 1.61. The van der Waals surface area contributed by atoms with Gasteiger partial charge in [-0.1, -0.05) is 35.8 Å². The molecule has 1 aliphatic rings. The molecule has 0 amide bonds. The molecule has 1 radical (unpaired) electrons. The Morgan fingerprint density at radius 2 is 2.00 bits per heavy atom. The van der Waals surface area contributed by atoms with Crippen LogP contribution in [0.3, 0.4) is 0 Å². The molecule has 71 valence electrons. The second-order valence-electron chi connectivity index (χ2n) is 3.70. The van der Waals surface area contributed by atoms with Crippen LogP contribution in [-0.2, 0) is 9.53 Å². The average Bonchev–Trinajstić information content (AvgIpc) is 2.99. The van der Waals surface area contributed by atoms with Crippen LogP contribution in [-0.4, -0.2) is 20.4 Å². The summed E-state index contributed by atoms with van der Waals surface area (Å²) in [6.07, 6.45) is 1.82. The van der Waals surface area contributed by atoms with Crippen LogP contribution in [0.2, 0.25) is 5.31 Å². The van der Waals surface area contributed by atoms with Gasteiger partial charge in [0, 0.05) is 5.31 Å². The lowest BCUT2D eigenvalue weighted by Crippen LogP contribution is -2.27. The quantitative estimate of drug-likeness (QED) is 0.523. The Balaban J connectivity index is 2.08. The Hall–Kier alpha value is -1.25. The molecule has 0 saturated heterocycles. The molecule has 1 saturated carbocycles. The van der Waals surface area contributed by atoms with Crippen molar-refractivity contribution in [1.29, 1.82) is 0 Å². The smallest absolute Gasteiger partial charge is 0.304 e. The second kappa shape index (κ2) is 3.48. The Morgan fingerprint density at radius 1 is 1.36 bits per heavy atom. The molecule has 1 aliphatic carbocycles. The maximum Gasteiger partial charge on any atom is 0.304 e. The number of benzene rings is 1. The van der Waals surface area contributed by atoms with E-state index in [1.807, 2.05) is 37.6 Å². The molecule has 0 bridgehead atoms. The summed E-state index contributed by atoms with van der Waals surface area (Å²) in [6.45, 7) is 0. The normalized spacial score (nSPS) is 17.2. The van der Waals surface area contributed by atoms with Gasteiger partial charge in [-0.05, 0) is 12.8 Å². The molecule has 1 aromatic carbocycles. The molecule has 0 heterocycles. The molecular formula is C11H12BO2. The summed E-state index contributed by atoms with van der Waals surface area (Å²) in [5, 5.41) is -0.323. The van der Waals surface area contributed by atoms with E-state index in [2.05, 4.69) is 0 Å². The van der Waals surface area contributed by atoms with E-state index in [9.17, 15) is 4.79 Å². The molecule has 2 rings (SSSR count). The van der Waals surface area contributed by atoms with E-state index in [1.165, 1.54) is 7.11 Å². The van der Waals surface area contributed by atoms with Crippen LogP contribution in [0.4, 0.5) is 0 Å². The molecule has 3 heteroatoms. The lowest BCUT2D eigenvalue weighted by Gasteiger charge is -2.10. The molecule has 14 heavy (non-hydrogen) atoms. The molecule has 0 spiro atoms. The van der Waals surface area contributed by atoms with E-state index >= 15 is 0 Å². The predicted molar refractivity (Wildman–Crippen MR) is 55.8 cm³/mol. The van der Waals surface area contributed by atoms with Crippen molar-refractivity contribution in [2.45, 2.75) is 18.2 Å². The first-order chi connectivity index (χ1) is 6.77. The zero-order valence-electron chi connectivity index (χ0n) is 8.19. The molecular weight excluding hydrogens is 175 g/mol. The minimum atomic E-state index is -0.323. The van der Waals surface area contributed by atoms with Crippen molar-refractivity contribution in [1.82, 2.24) is 0 Å². The zero-order valence-corrected chi connectivity index (χ0v) is 8.19. The summed E-state index contributed by atoms with van der Waals surface area (Å²) in [6, 6.07) is 9.92. The summed E-state index contributed by atoms with van der Waals surface area (Å²) in [5.74, 6) is -0.110. The minimum Gasteiger partial charge on any atom is -0.469 e. The second-order valence-corrected chi connectivity index (χ2v) is 3.70. The number of hydrogen-bond acceptors (Lipinski definition) is 2. The van der Waals surface area contributed by atoms with E-state index in [-0.39, 0.29) is 11.3 Å². The number of carbonyl (C=O) groups is 1. The third-order valence-electron chi connectivity index (χ3n) is 2.62. The first kappa shape index (κ1) is 9.32. The number of hydrogen-bond donors (Lipinski definition) is 0. The summed E-state index contributed by atoms with van der Waals surface area (Å²) in [5.41, 5.74) is 1.09. The van der Waals surface area contributed by atoms with Gasteiger partial charge in [0.1, 0.15) is 0 Å². The lowest BCUT2D eigenvalue weighted by atomic mass is 9.56. The van der Waals surface area contributed by atoms with Crippen LogP contribution in [0.25, 0.3) is 0 Å². The van der Waals surface area contributed by atoms with Crippen molar-refractivity contribution in [2.24, 2.45) is 0 Å². The van der Waals surface area contributed by atoms with Crippen molar-refractivity contribution >= 4 is 18.7 Å². The third-order valence-corrected chi connectivity index (χ3v) is 2.62. The van der Waals surface area contributed by atoms with Gasteiger partial charge in [0.15, 0.2) is 7.28 Å². The number of methoxy groups -OCH3 is 1. The summed E-state index contributed by atoms with van der Waals surface area (Å²) in [4.78, 5) is 11.4. The van der Waals surface area contributed by atoms with Gasteiger partial charge >= 0.3 is 5.97 Å². The standard InChI is InChI=1S/C11H12BO2/c1-14-10(13)11(7-8-11)12-9-5-3-2-4-6-9/h2-6H,7-8H2,1H3. The van der Waals surface area contributed by atoms with Crippen LogP contribution < -0.4 is 5.46 Å². The highest BCUT2D eigenvalue weighted by Gasteiger charge is 2.51. The molecule has 0 aromatic heterocycles. The topological polar surface area (TPSA) is 26.3 Å². The van der Waals surface area contributed by atoms with Crippen molar-refractivity contribution in [2.75, 3.05) is 7.11 Å². The van der Waals surface area contributed by atoms with Gasteiger partial charge in [-0.3, -0.25) is 4.79 Å². The van der Waals surface area contributed by atoms with Crippen LogP contribution in [0.15, 0.2) is 30.3 Å². The number of rotatable bonds is 3. The van der Waals surface area contributed by atoms with Crippen molar-refractivity contribution in [3.8, 4) is 0 Å². The maximum absolute atomic E-state index is 11.4. The highest BCUT2D eigenvalue weighted by atomic mass is 16.5. The van der Waals surface area contributed by atoms with Gasteiger partial charge < -0.3 is 4.74 Å². The van der Waals surface area contributed by atoms with E-state index in [1.54, 1.807) is 0 Å².